The summed E-state index contributed by atoms with van der Waals surface area (Å²) in [6.07, 6.45) is 2.66. The minimum Gasteiger partial charge on any atom is -0.515 e. The van der Waals surface area contributed by atoms with E-state index in [2.05, 4.69) is 13.8 Å². The quantitative estimate of drug-likeness (QED) is 0.445. The summed E-state index contributed by atoms with van der Waals surface area (Å²) in [5.41, 5.74) is 0.672. The van der Waals surface area contributed by atoms with E-state index in [1.807, 2.05) is 6.92 Å². The molecule has 12 heavy (non-hydrogen) atoms. The number of hydrogen-bond acceptors (Lipinski definition) is 2. The first-order chi connectivity index (χ1) is 5.49. The fraction of sp³-hybridized carbons (Fsp3) is 0.700. The Bertz CT molecular complexity index is 226. The third kappa shape index (κ3) is 1.38. The summed E-state index contributed by atoms with van der Waals surface area (Å²) in [6, 6.07) is 0. The Hall–Kier alpha value is -0.790. The minimum atomic E-state index is 0.0321. The second kappa shape index (κ2) is 2.92. The lowest BCUT2D eigenvalue weighted by Crippen LogP contribution is -2.34. The molecule has 0 bridgehead atoms. The van der Waals surface area contributed by atoms with Gasteiger partial charge in [-0.15, -0.1) is 0 Å². The number of aliphatic hydroxyl groups excluding tert-OH is 1. The largest absolute Gasteiger partial charge is 0.515 e. The monoisotopic (exact) mass is 168 g/mol. The Kier molecular flexibility index (Phi) is 2.27. The molecule has 0 aromatic heterocycles. The van der Waals surface area contributed by atoms with Crippen LogP contribution in [-0.4, -0.2) is 10.9 Å². The van der Waals surface area contributed by atoms with E-state index in [-0.39, 0.29) is 17.1 Å². The van der Waals surface area contributed by atoms with E-state index in [1.54, 1.807) is 0 Å². The van der Waals surface area contributed by atoms with Crippen LogP contribution < -0.4 is 0 Å². The molecule has 1 atom stereocenters. The van der Waals surface area contributed by atoms with E-state index < -0.39 is 0 Å². The van der Waals surface area contributed by atoms with Crippen molar-refractivity contribution in [1.29, 1.82) is 0 Å². The van der Waals surface area contributed by atoms with Gasteiger partial charge in [0.05, 0.1) is 6.26 Å². The molecule has 1 aliphatic carbocycles. The number of rotatable bonds is 0. The maximum atomic E-state index is 11.5. The number of carbonyl (C=O) groups is 1. The van der Waals surface area contributed by atoms with Crippen molar-refractivity contribution in [3.63, 3.8) is 0 Å². The van der Waals surface area contributed by atoms with Gasteiger partial charge in [-0.05, 0) is 18.3 Å². The fourth-order valence-corrected chi connectivity index (χ4v) is 1.56. The van der Waals surface area contributed by atoms with Crippen LogP contribution in [-0.2, 0) is 4.79 Å². The summed E-state index contributed by atoms with van der Waals surface area (Å²) in [6.45, 7) is 6.14. The van der Waals surface area contributed by atoms with Gasteiger partial charge in [-0.1, -0.05) is 20.8 Å². The maximum absolute atomic E-state index is 11.5. The van der Waals surface area contributed by atoms with Gasteiger partial charge in [-0.25, -0.2) is 0 Å². The normalized spacial score (nSPS) is 32.4. The average molecular weight is 168 g/mol. The summed E-state index contributed by atoms with van der Waals surface area (Å²) in [7, 11) is 0. The smallest absolute Gasteiger partial charge is 0.165 e. The zero-order chi connectivity index (χ0) is 9.35. The Morgan fingerprint density at radius 2 is 2.17 bits per heavy atom. The minimum absolute atomic E-state index is 0.0321. The molecule has 68 valence electrons. The highest BCUT2D eigenvalue weighted by molar-refractivity contribution is 5.97. The lowest BCUT2D eigenvalue weighted by molar-refractivity contribution is -0.124. The third-order valence-electron chi connectivity index (χ3n) is 3.08. The van der Waals surface area contributed by atoms with Gasteiger partial charge in [0, 0.05) is 11.5 Å². The van der Waals surface area contributed by atoms with E-state index in [4.69, 9.17) is 5.11 Å². The Balaban J connectivity index is 2.87. The number of carbonyl (C=O) groups excluding carboxylic acids is 1. The zero-order valence-electron chi connectivity index (χ0n) is 7.92. The highest BCUT2D eigenvalue weighted by Gasteiger charge is 2.37. The van der Waals surface area contributed by atoms with Crippen LogP contribution in [0.4, 0.5) is 0 Å². The third-order valence-corrected chi connectivity index (χ3v) is 3.08. The number of Topliss-reactive ketones (excluding diaryl/α,β-unsaturated/α-hetero) is 1. The van der Waals surface area contributed by atoms with E-state index in [0.29, 0.717) is 12.0 Å². The topological polar surface area (TPSA) is 37.3 Å². The molecule has 1 unspecified atom stereocenters. The van der Waals surface area contributed by atoms with Crippen LogP contribution in [0.25, 0.3) is 0 Å². The summed E-state index contributed by atoms with van der Waals surface area (Å²) in [5.74, 6) is 0.137. The molecule has 0 heterocycles. The van der Waals surface area contributed by atoms with Crippen LogP contribution in [0.5, 0.6) is 0 Å². The van der Waals surface area contributed by atoms with Gasteiger partial charge in [-0.2, -0.15) is 0 Å². The number of hydrogen-bond donors (Lipinski definition) is 1. The van der Waals surface area contributed by atoms with Crippen LogP contribution in [0, 0.1) is 11.3 Å². The highest BCUT2D eigenvalue weighted by atomic mass is 16.2. The molecule has 0 spiro atoms. The Morgan fingerprint density at radius 1 is 1.58 bits per heavy atom. The van der Waals surface area contributed by atoms with Crippen LogP contribution in [0.15, 0.2) is 11.8 Å². The highest BCUT2D eigenvalue weighted by Crippen LogP contribution is 2.39. The van der Waals surface area contributed by atoms with Crippen LogP contribution >= 0.6 is 0 Å². The summed E-state index contributed by atoms with van der Waals surface area (Å²) >= 11 is 0. The van der Waals surface area contributed by atoms with Gasteiger partial charge in [0.15, 0.2) is 5.78 Å². The van der Waals surface area contributed by atoms with Crippen molar-refractivity contribution in [3.8, 4) is 0 Å². The predicted molar refractivity (Wildman–Crippen MR) is 47.9 cm³/mol. The van der Waals surface area contributed by atoms with E-state index >= 15 is 0 Å². The molecule has 1 rings (SSSR count). The molecule has 0 radical (unpaired) electrons. The van der Waals surface area contributed by atoms with Crippen molar-refractivity contribution in [3.05, 3.63) is 11.8 Å². The first kappa shape index (κ1) is 9.30. The molecule has 1 fully saturated rings. The van der Waals surface area contributed by atoms with Crippen molar-refractivity contribution in [2.45, 2.75) is 33.6 Å². The Morgan fingerprint density at radius 3 is 2.67 bits per heavy atom. The van der Waals surface area contributed by atoms with Crippen LogP contribution in [0.2, 0.25) is 0 Å². The maximum Gasteiger partial charge on any atom is 0.165 e. The molecule has 0 aromatic rings. The molecule has 2 heteroatoms. The molecule has 0 aliphatic heterocycles. The zero-order valence-corrected chi connectivity index (χ0v) is 7.92. The molecule has 1 saturated carbocycles. The van der Waals surface area contributed by atoms with Crippen molar-refractivity contribution in [2.24, 2.45) is 11.3 Å². The molecular weight excluding hydrogens is 152 g/mol. The van der Waals surface area contributed by atoms with Gasteiger partial charge in [-0.3, -0.25) is 4.79 Å². The van der Waals surface area contributed by atoms with Gasteiger partial charge in [0.2, 0.25) is 0 Å². The molecule has 0 saturated heterocycles. The summed E-state index contributed by atoms with van der Waals surface area (Å²) in [5, 5.41) is 8.77. The molecule has 1 aliphatic rings. The predicted octanol–water partition coefficient (Wildman–Crippen LogP) is 2.45. The van der Waals surface area contributed by atoms with Crippen molar-refractivity contribution < 1.29 is 9.90 Å². The first-order valence-corrected chi connectivity index (χ1v) is 4.36. The molecular formula is C10H16O2. The van der Waals surface area contributed by atoms with Gasteiger partial charge >= 0.3 is 0 Å². The standard InChI is InChI=1S/C10H16O2/c1-7-9(12)8(6-11)4-5-10(7,2)3/h6-7,11H,4-5H2,1-3H3. The second-order valence-electron chi connectivity index (χ2n) is 4.23. The average Bonchev–Trinajstić information content (AvgIpc) is 2.01. The van der Waals surface area contributed by atoms with Crippen molar-refractivity contribution >= 4 is 5.78 Å². The van der Waals surface area contributed by atoms with Crippen molar-refractivity contribution in [2.75, 3.05) is 0 Å². The molecule has 0 aromatic carbocycles. The lowest BCUT2D eigenvalue weighted by Gasteiger charge is -2.35. The molecule has 1 N–H and O–H groups in total. The van der Waals surface area contributed by atoms with Crippen LogP contribution in [0.3, 0.4) is 0 Å². The second-order valence-corrected chi connectivity index (χ2v) is 4.23. The van der Waals surface area contributed by atoms with Gasteiger partial charge in [0.25, 0.3) is 0 Å². The summed E-state index contributed by atoms with van der Waals surface area (Å²) in [4.78, 5) is 11.5. The fourth-order valence-electron chi connectivity index (χ4n) is 1.56. The molecule has 0 amide bonds. The van der Waals surface area contributed by atoms with Crippen molar-refractivity contribution in [1.82, 2.24) is 0 Å². The number of allylic oxidation sites excluding steroid dienone is 1. The lowest BCUT2D eigenvalue weighted by atomic mass is 9.68. The van der Waals surface area contributed by atoms with E-state index in [1.165, 1.54) is 0 Å². The van der Waals surface area contributed by atoms with E-state index in [9.17, 15) is 4.79 Å². The van der Waals surface area contributed by atoms with Crippen LogP contribution in [0.1, 0.15) is 33.6 Å². The SMILES string of the molecule is CC1C(=O)C(=CO)CCC1(C)C. The first-order valence-electron chi connectivity index (χ1n) is 4.36. The van der Waals surface area contributed by atoms with Gasteiger partial charge < -0.3 is 5.11 Å². The van der Waals surface area contributed by atoms with E-state index in [0.717, 1.165) is 12.7 Å². The Labute approximate surface area is 73.3 Å². The molecule has 2 nitrogen and oxygen atoms in total. The number of aliphatic hydroxyl groups is 1. The summed E-state index contributed by atoms with van der Waals surface area (Å²) < 4.78 is 0. The van der Waals surface area contributed by atoms with Gasteiger partial charge in [0.1, 0.15) is 0 Å². The number of ketones is 1.